The molecule has 1 aromatic heterocycles. The molecule has 2 N–H and O–H groups in total. The standard InChI is InChI=1S/C22H24N4O3/c1-2-18-22(28)26(17-9-5-6-10-19(17)29-18)14-12-21(27)23-13-11-20-24-15-7-3-4-8-16(15)25-20/h3-10,18H,2,11-14H2,1H3,(H,23,27)(H,24,25). The Kier molecular flexibility index (Phi) is 5.46. The van der Waals surface area contributed by atoms with Gasteiger partial charge in [0.05, 0.1) is 16.7 Å². The number of nitrogens with one attached hydrogen (secondary N) is 2. The molecule has 1 unspecified atom stereocenters. The highest BCUT2D eigenvalue weighted by Crippen LogP contribution is 2.34. The lowest BCUT2D eigenvalue weighted by atomic mass is 10.1. The molecule has 0 fully saturated rings. The summed E-state index contributed by atoms with van der Waals surface area (Å²) < 4.78 is 5.77. The van der Waals surface area contributed by atoms with Gasteiger partial charge in [-0.3, -0.25) is 9.59 Å². The van der Waals surface area contributed by atoms with E-state index in [0.29, 0.717) is 31.7 Å². The molecule has 2 heterocycles. The van der Waals surface area contributed by atoms with Gasteiger partial charge in [-0.1, -0.05) is 31.2 Å². The third-order valence-corrected chi connectivity index (χ3v) is 5.02. The second-order valence-electron chi connectivity index (χ2n) is 7.02. The van der Waals surface area contributed by atoms with Crippen molar-refractivity contribution >= 4 is 28.5 Å². The summed E-state index contributed by atoms with van der Waals surface area (Å²) in [6.07, 6.45) is 0.947. The van der Waals surface area contributed by atoms with Gasteiger partial charge >= 0.3 is 0 Å². The Labute approximate surface area is 169 Å². The van der Waals surface area contributed by atoms with Crippen LogP contribution in [-0.4, -0.2) is 41.0 Å². The number of carbonyl (C=O) groups is 2. The molecule has 7 heteroatoms. The molecule has 7 nitrogen and oxygen atoms in total. The number of nitrogens with zero attached hydrogens (tertiary/aromatic N) is 2. The molecule has 0 saturated heterocycles. The molecule has 2 aromatic carbocycles. The van der Waals surface area contributed by atoms with E-state index in [1.54, 1.807) is 4.90 Å². The average Bonchev–Trinajstić information content (AvgIpc) is 3.15. The molecule has 1 aliphatic rings. The van der Waals surface area contributed by atoms with Gasteiger partial charge in [0, 0.05) is 25.9 Å². The van der Waals surface area contributed by atoms with Crippen molar-refractivity contribution in [2.75, 3.05) is 18.0 Å². The van der Waals surface area contributed by atoms with Gasteiger partial charge in [0.25, 0.3) is 5.91 Å². The third-order valence-electron chi connectivity index (χ3n) is 5.02. The van der Waals surface area contributed by atoms with Crippen LogP contribution in [0.2, 0.25) is 0 Å². The highest BCUT2D eigenvalue weighted by Gasteiger charge is 2.33. The molecule has 0 radical (unpaired) electrons. The summed E-state index contributed by atoms with van der Waals surface area (Å²) in [5, 5.41) is 2.91. The van der Waals surface area contributed by atoms with Crippen LogP contribution in [0.3, 0.4) is 0 Å². The smallest absolute Gasteiger partial charge is 0.268 e. The number of aromatic amines is 1. The molecule has 0 saturated carbocycles. The van der Waals surface area contributed by atoms with Crippen molar-refractivity contribution in [3.63, 3.8) is 0 Å². The van der Waals surface area contributed by atoms with E-state index < -0.39 is 6.10 Å². The first-order chi connectivity index (χ1) is 14.2. The minimum Gasteiger partial charge on any atom is -0.478 e. The first kappa shape index (κ1) is 19.0. The second-order valence-corrected chi connectivity index (χ2v) is 7.02. The molecule has 4 rings (SSSR count). The summed E-state index contributed by atoms with van der Waals surface area (Å²) in [7, 11) is 0. The lowest BCUT2D eigenvalue weighted by Gasteiger charge is -2.33. The fourth-order valence-electron chi connectivity index (χ4n) is 3.51. The minimum atomic E-state index is -0.499. The van der Waals surface area contributed by atoms with E-state index >= 15 is 0 Å². The number of carbonyl (C=O) groups excluding carboxylic acids is 2. The number of imidazole rings is 1. The summed E-state index contributed by atoms with van der Waals surface area (Å²) in [5.74, 6) is 1.34. The van der Waals surface area contributed by atoms with Crippen LogP contribution in [0, 0.1) is 0 Å². The van der Waals surface area contributed by atoms with Crippen molar-refractivity contribution in [1.82, 2.24) is 15.3 Å². The third kappa shape index (κ3) is 4.08. The number of amides is 2. The first-order valence-corrected chi connectivity index (χ1v) is 9.93. The number of benzene rings is 2. The quantitative estimate of drug-likeness (QED) is 0.647. The molecule has 150 valence electrons. The van der Waals surface area contributed by atoms with Crippen molar-refractivity contribution in [2.24, 2.45) is 0 Å². The van der Waals surface area contributed by atoms with Gasteiger partial charge in [0.1, 0.15) is 11.6 Å². The van der Waals surface area contributed by atoms with Crippen molar-refractivity contribution in [3.8, 4) is 5.75 Å². The lowest BCUT2D eigenvalue weighted by Crippen LogP contribution is -2.46. The number of aromatic nitrogens is 2. The van der Waals surface area contributed by atoms with Crippen molar-refractivity contribution in [3.05, 3.63) is 54.4 Å². The number of H-pyrrole nitrogens is 1. The predicted molar refractivity (Wildman–Crippen MR) is 111 cm³/mol. The average molecular weight is 392 g/mol. The van der Waals surface area contributed by atoms with E-state index in [1.165, 1.54) is 0 Å². The van der Waals surface area contributed by atoms with Crippen LogP contribution < -0.4 is 15.0 Å². The molecule has 1 aliphatic heterocycles. The van der Waals surface area contributed by atoms with E-state index in [-0.39, 0.29) is 18.2 Å². The number of fused-ring (bicyclic) bond motifs is 2. The Morgan fingerprint density at radius 1 is 1.21 bits per heavy atom. The molecule has 1 atom stereocenters. The number of rotatable bonds is 7. The number of hydrogen-bond acceptors (Lipinski definition) is 4. The Bertz CT molecular complexity index is 997. The highest BCUT2D eigenvalue weighted by atomic mass is 16.5. The van der Waals surface area contributed by atoms with Crippen LogP contribution in [0.4, 0.5) is 5.69 Å². The topological polar surface area (TPSA) is 87.3 Å². The number of anilines is 1. The number of hydrogen-bond donors (Lipinski definition) is 2. The van der Waals surface area contributed by atoms with E-state index in [0.717, 1.165) is 22.5 Å². The van der Waals surface area contributed by atoms with Crippen LogP contribution in [0.15, 0.2) is 48.5 Å². The second kappa shape index (κ2) is 8.34. The van der Waals surface area contributed by atoms with Gasteiger partial charge in [-0.15, -0.1) is 0 Å². The normalized spacial score (nSPS) is 15.8. The summed E-state index contributed by atoms with van der Waals surface area (Å²) in [5.41, 5.74) is 2.63. The van der Waals surface area contributed by atoms with Crippen LogP contribution in [0.1, 0.15) is 25.6 Å². The van der Waals surface area contributed by atoms with Crippen LogP contribution in [0.25, 0.3) is 11.0 Å². The molecule has 0 bridgehead atoms. The number of para-hydroxylation sites is 4. The van der Waals surface area contributed by atoms with Crippen molar-refractivity contribution < 1.29 is 14.3 Å². The molecule has 0 spiro atoms. The fraction of sp³-hybridized carbons (Fsp3) is 0.318. The van der Waals surface area contributed by atoms with E-state index in [4.69, 9.17) is 4.74 Å². The number of ether oxygens (including phenoxy) is 1. The van der Waals surface area contributed by atoms with E-state index in [9.17, 15) is 9.59 Å². The maximum atomic E-state index is 12.7. The first-order valence-electron chi connectivity index (χ1n) is 9.93. The van der Waals surface area contributed by atoms with Crippen molar-refractivity contribution in [1.29, 1.82) is 0 Å². The molecule has 0 aliphatic carbocycles. The van der Waals surface area contributed by atoms with Crippen molar-refractivity contribution in [2.45, 2.75) is 32.3 Å². The maximum Gasteiger partial charge on any atom is 0.268 e. The van der Waals surface area contributed by atoms with E-state index in [2.05, 4.69) is 15.3 Å². The Morgan fingerprint density at radius 3 is 2.83 bits per heavy atom. The lowest BCUT2D eigenvalue weighted by molar-refractivity contribution is -0.126. The summed E-state index contributed by atoms with van der Waals surface area (Å²) in [6, 6.07) is 15.3. The largest absolute Gasteiger partial charge is 0.478 e. The van der Waals surface area contributed by atoms with E-state index in [1.807, 2.05) is 55.5 Å². The zero-order valence-electron chi connectivity index (χ0n) is 16.4. The van der Waals surface area contributed by atoms with Crippen LogP contribution >= 0.6 is 0 Å². The van der Waals surface area contributed by atoms with Gasteiger partial charge in [-0.2, -0.15) is 0 Å². The Balaban J connectivity index is 1.31. The molecular formula is C22H24N4O3. The highest BCUT2D eigenvalue weighted by molar-refractivity contribution is 6.00. The maximum absolute atomic E-state index is 12.7. The van der Waals surface area contributed by atoms with Crippen LogP contribution in [0.5, 0.6) is 5.75 Å². The summed E-state index contributed by atoms with van der Waals surface area (Å²) in [4.78, 5) is 34.4. The molecule has 2 amide bonds. The molecule has 3 aromatic rings. The van der Waals surface area contributed by atoms with Crippen LogP contribution in [-0.2, 0) is 16.0 Å². The monoisotopic (exact) mass is 392 g/mol. The fourth-order valence-corrected chi connectivity index (χ4v) is 3.51. The van der Waals surface area contributed by atoms with Gasteiger partial charge in [-0.05, 0) is 30.7 Å². The zero-order valence-corrected chi connectivity index (χ0v) is 16.4. The Hall–Kier alpha value is -3.35. The van der Waals surface area contributed by atoms with Gasteiger partial charge in [0.15, 0.2) is 6.10 Å². The minimum absolute atomic E-state index is 0.0917. The predicted octanol–water partition coefficient (Wildman–Crippen LogP) is 2.82. The SMILES string of the molecule is CCC1Oc2ccccc2N(CCC(=O)NCCc2nc3ccccc3[nH]2)C1=O. The van der Waals surface area contributed by atoms with Gasteiger partial charge < -0.3 is 19.9 Å². The zero-order chi connectivity index (χ0) is 20.2. The summed E-state index contributed by atoms with van der Waals surface area (Å²) in [6.45, 7) is 2.73. The molecule has 29 heavy (non-hydrogen) atoms. The summed E-state index contributed by atoms with van der Waals surface area (Å²) >= 11 is 0. The van der Waals surface area contributed by atoms with Gasteiger partial charge in [0.2, 0.25) is 5.91 Å². The Morgan fingerprint density at radius 2 is 2.00 bits per heavy atom. The van der Waals surface area contributed by atoms with Gasteiger partial charge in [-0.25, -0.2) is 4.98 Å². The molecular weight excluding hydrogens is 368 g/mol.